The first-order chi connectivity index (χ1) is 14.5. The molecule has 0 fully saturated rings. The highest BCUT2D eigenvalue weighted by Crippen LogP contribution is 2.37. The van der Waals surface area contributed by atoms with Gasteiger partial charge in [0.25, 0.3) is 0 Å². The molecular weight excluding hydrogens is 453 g/mol. The van der Waals surface area contributed by atoms with Crippen molar-refractivity contribution in [2.45, 2.75) is 19.6 Å². The molecule has 0 aliphatic rings. The second kappa shape index (κ2) is 9.15. The van der Waals surface area contributed by atoms with Crippen LogP contribution in [0.25, 0.3) is 0 Å². The number of hydrogen-bond donors (Lipinski definition) is 0. The van der Waals surface area contributed by atoms with Crippen molar-refractivity contribution in [1.29, 1.82) is 0 Å². The van der Waals surface area contributed by atoms with Gasteiger partial charge in [-0.1, -0.05) is 35.9 Å². The summed E-state index contributed by atoms with van der Waals surface area (Å²) in [6.45, 7) is 1.24. The molecule has 0 atom stereocenters. The summed E-state index contributed by atoms with van der Waals surface area (Å²) in [6.07, 6.45) is -3.49. The van der Waals surface area contributed by atoms with Gasteiger partial charge in [0.2, 0.25) is 10.0 Å². The van der Waals surface area contributed by atoms with Crippen molar-refractivity contribution >= 4 is 27.3 Å². The Kier molecular flexibility index (Phi) is 6.76. The first-order valence-corrected chi connectivity index (χ1v) is 11.0. The highest BCUT2D eigenvalue weighted by Gasteiger charge is 2.39. The van der Waals surface area contributed by atoms with E-state index in [1.807, 2.05) is 6.07 Å². The Labute approximate surface area is 183 Å². The SMILES string of the molecule is Cc1cc(N(Cc2ccccn2)S(=O)(=O)CC(F)(F)F)c(Cl)cc1Oc1ccccc1. The molecule has 1 aromatic heterocycles. The van der Waals surface area contributed by atoms with Gasteiger partial charge in [0.15, 0.2) is 5.75 Å². The van der Waals surface area contributed by atoms with Crippen molar-refractivity contribution in [2.75, 3.05) is 10.1 Å². The van der Waals surface area contributed by atoms with Crippen LogP contribution < -0.4 is 9.04 Å². The predicted octanol–water partition coefficient (Wildman–Crippen LogP) is 5.73. The number of para-hydroxylation sites is 1. The van der Waals surface area contributed by atoms with Gasteiger partial charge in [0.1, 0.15) is 11.5 Å². The Morgan fingerprint density at radius 1 is 1.06 bits per heavy atom. The number of anilines is 1. The molecule has 0 saturated heterocycles. The zero-order valence-electron chi connectivity index (χ0n) is 16.3. The zero-order valence-corrected chi connectivity index (χ0v) is 17.9. The van der Waals surface area contributed by atoms with Crippen LogP contribution in [-0.4, -0.2) is 25.3 Å². The van der Waals surface area contributed by atoms with Gasteiger partial charge < -0.3 is 4.74 Å². The minimum atomic E-state index is -4.92. The Balaban J connectivity index is 2.03. The van der Waals surface area contributed by atoms with Crippen LogP contribution in [-0.2, 0) is 16.6 Å². The van der Waals surface area contributed by atoms with Gasteiger partial charge in [0.05, 0.1) is 22.9 Å². The minimum absolute atomic E-state index is 0.0711. The molecular formula is C21H18ClF3N2O3S. The summed E-state index contributed by atoms with van der Waals surface area (Å²) < 4.78 is 70.7. The molecule has 164 valence electrons. The van der Waals surface area contributed by atoms with Gasteiger partial charge in [-0.3, -0.25) is 9.29 Å². The van der Waals surface area contributed by atoms with E-state index in [-0.39, 0.29) is 16.4 Å². The van der Waals surface area contributed by atoms with E-state index in [2.05, 4.69) is 4.98 Å². The van der Waals surface area contributed by atoms with Crippen molar-refractivity contribution in [3.05, 3.63) is 83.1 Å². The van der Waals surface area contributed by atoms with Crippen molar-refractivity contribution in [3.63, 3.8) is 0 Å². The first kappa shape index (κ1) is 22.9. The van der Waals surface area contributed by atoms with E-state index in [0.717, 1.165) is 0 Å². The van der Waals surface area contributed by atoms with E-state index < -0.39 is 28.5 Å². The molecule has 31 heavy (non-hydrogen) atoms. The number of halogens is 4. The Bertz CT molecular complexity index is 1140. The molecule has 10 heteroatoms. The number of pyridine rings is 1. The maximum absolute atomic E-state index is 13.0. The summed E-state index contributed by atoms with van der Waals surface area (Å²) in [4.78, 5) is 4.02. The molecule has 0 aliphatic heterocycles. The molecule has 0 N–H and O–H groups in total. The van der Waals surface area contributed by atoms with Gasteiger partial charge >= 0.3 is 6.18 Å². The molecule has 0 radical (unpaired) electrons. The lowest BCUT2D eigenvalue weighted by atomic mass is 10.2. The van der Waals surface area contributed by atoms with Crippen LogP contribution in [0, 0.1) is 6.92 Å². The fourth-order valence-corrected chi connectivity index (χ4v) is 4.48. The van der Waals surface area contributed by atoms with Crippen LogP contribution >= 0.6 is 11.6 Å². The number of benzene rings is 2. The van der Waals surface area contributed by atoms with Crippen LogP contribution in [0.15, 0.2) is 66.9 Å². The second-order valence-corrected chi connectivity index (χ2v) is 8.98. The topological polar surface area (TPSA) is 59.5 Å². The molecule has 1 heterocycles. The van der Waals surface area contributed by atoms with E-state index in [4.69, 9.17) is 16.3 Å². The third-order valence-electron chi connectivity index (χ3n) is 4.20. The predicted molar refractivity (Wildman–Crippen MR) is 113 cm³/mol. The number of nitrogens with zero attached hydrogens (tertiary/aromatic N) is 2. The van der Waals surface area contributed by atoms with Crippen LogP contribution in [0.3, 0.4) is 0 Å². The van der Waals surface area contributed by atoms with E-state index in [9.17, 15) is 21.6 Å². The molecule has 0 aliphatic carbocycles. The number of ether oxygens (including phenoxy) is 1. The maximum atomic E-state index is 13.0. The van der Waals surface area contributed by atoms with Gasteiger partial charge in [-0.05, 0) is 42.8 Å². The van der Waals surface area contributed by atoms with Gasteiger partial charge in [-0.25, -0.2) is 8.42 Å². The Morgan fingerprint density at radius 3 is 2.35 bits per heavy atom. The molecule has 3 aromatic rings. The smallest absolute Gasteiger partial charge is 0.404 e. The summed E-state index contributed by atoms with van der Waals surface area (Å²) in [7, 11) is -4.80. The number of alkyl halides is 3. The molecule has 0 bridgehead atoms. The van der Waals surface area contributed by atoms with E-state index in [1.165, 1.54) is 24.4 Å². The molecule has 0 saturated carbocycles. The lowest BCUT2D eigenvalue weighted by Gasteiger charge is -2.26. The fourth-order valence-electron chi connectivity index (χ4n) is 2.82. The minimum Gasteiger partial charge on any atom is -0.457 e. The van der Waals surface area contributed by atoms with E-state index in [0.29, 0.717) is 21.4 Å². The third kappa shape index (κ3) is 6.11. The molecule has 0 spiro atoms. The standard InChI is InChI=1S/C21H18ClF3N2O3S/c1-15-11-19(18(22)12-20(15)30-17-8-3-2-4-9-17)27(13-16-7-5-6-10-26-16)31(28,29)14-21(23,24)25/h2-12H,13-14H2,1H3. The Hall–Kier alpha value is -2.78. The molecule has 2 aromatic carbocycles. The number of rotatable bonds is 7. The molecule has 5 nitrogen and oxygen atoms in total. The monoisotopic (exact) mass is 470 g/mol. The highest BCUT2D eigenvalue weighted by molar-refractivity contribution is 7.92. The molecule has 3 rings (SSSR count). The van der Waals surface area contributed by atoms with Crippen molar-refractivity contribution < 1.29 is 26.3 Å². The maximum Gasteiger partial charge on any atom is 0.404 e. The molecule has 0 amide bonds. The number of hydrogen-bond acceptors (Lipinski definition) is 4. The lowest BCUT2D eigenvalue weighted by Crippen LogP contribution is -2.38. The third-order valence-corrected chi connectivity index (χ3v) is 6.19. The van der Waals surface area contributed by atoms with Crippen molar-refractivity contribution in [2.24, 2.45) is 0 Å². The highest BCUT2D eigenvalue weighted by atomic mass is 35.5. The van der Waals surface area contributed by atoms with Crippen molar-refractivity contribution in [1.82, 2.24) is 4.98 Å². The van der Waals surface area contributed by atoms with Gasteiger partial charge in [-0.15, -0.1) is 0 Å². The largest absolute Gasteiger partial charge is 0.457 e. The first-order valence-electron chi connectivity index (χ1n) is 9.05. The quantitative estimate of drug-likeness (QED) is 0.442. The van der Waals surface area contributed by atoms with Gasteiger partial charge in [0, 0.05) is 12.3 Å². The second-order valence-electron chi connectivity index (χ2n) is 6.68. The van der Waals surface area contributed by atoms with E-state index >= 15 is 0 Å². The normalized spacial score (nSPS) is 11.9. The number of aryl methyl sites for hydroxylation is 1. The van der Waals surface area contributed by atoms with Crippen LogP contribution in [0.1, 0.15) is 11.3 Å². The lowest BCUT2D eigenvalue weighted by molar-refractivity contribution is -0.106. The summed E-state index contributed by atoms with van der Waals surface area (Å²) in [5, 5.41) is -0.0711. The summed E-state index contributed by atoms with van der Waals surface area (Å²) in [6, 6.07) is 16.3. The van der Waals surface area contributed by atoms with Crippen LogP contribution in [0.2, 0.25) is 5.02 Å². The summed E-state index contributed by atoms with van der Waals surface area (Å²) in [5.41, 5.74) is 0.678. The number of sulfonamides is 1. The van der Waals surface area contributed by atoms with Gasteiger partial charge in [-0.2, -0.15) is 13.2 Å². The van der Waals surface area contributed by atoms with Crippen LogP contribution in [0.4, 0.5) is 18.9 Å². The average Bonchev–Trinajstić information content (AvgIpc) is 2.69. The molecule has 0 unspecified atom stereocenters. The van der Waals surface area contributed by atoms with Crippen LogP contribution in [0.5, 0.6) is 11.5 Å². The zero-order chi connectivity index (χ0) is 22.6. The number of aromatic nitrogens is 1. The van der Waals surface area contributed by atoms with E-state index in [1.54, 1.807) is 43.3 Å². The average molecular weight is 471 g/mol. The summed E-state index contributed by atoms with van der Waals surface area (Å²) in [5.74, 6) is -1.14. The fraction of sp³-hybridized carbons (Fsp3) is 0.190. The summed E-state index contributed by atoms with van der Waals surface area (Å²) >= 11 is 6.32. The van der Waals surface area contributed by atoms with Crippen molar-refractivity contribution in [3.8, 4) is 11.5 Å². The Morgan fingerprint density at radius 2 is 1.74 bits per heavy atom.